The predicted molar refractivity (Wildman–Crippen MR) is 261 cm³/mol. The molecule has 5 aliphatic carbocycles. The number of aliphatic hydroxyl groups is 13. The number of carbonyl (C=O) groups excluding carboxylic acids is 1. The fraction of sp³-hybridized carbons (Fsp3) is 0.944. The number of fused-ring (bicyclic) bond motifs is 7. The lowest BCUT2D eigenvalue weighted by Gasteiger charge is -2.71. The molecule has 8 fully saturated rings. The van der Waals surface area contributed by atoms with Crippen LogP contribution in [0, 0.1) is 50.2 Å². The molecule has 76 heavy (non-hydrogen) atoms. The minimum Gasteiger partial charge on any atom is -0.432 e. The first-order valence-corrected chi connectivity index (χ1v) is 27.7. The van der Waals surface area contributed by atoms with Crippen LogP contribution < -0.4 is 0 Å². The number of carbonyl (C=O) groups is 1. The summed E-state index contributed by atoms with van der Waals surface area (Å²) in [5.74, 6) is -0.823. The van der Waals surface area contributed by atoms with E-state index in [4.69, 9.17) is 37.9 Å². The summed E-state index contributed by atoms with van der Waals surface area (Å²) in [5.41, 5.74) is -1.97. The first-order valence-electron chi connectivity index (χ1n) is 27.7. The van der Waals surface area contributed by atoms with E-state index in [1.54, 1.807) is 6.92 Å². The molecule has 22 nitrogen and oxygen atoms in total. The molecule has 0 aromatic carbocycles. The van der Waals surface area contributed by atoms with E-state index in [0.29, 0.717) is 51.4 Å². The quantitative estimate of drug-likeness (QED) is 0.0670. The number of rotatable bonds is 11. The van der Waals surface area contributed by atoms with Crippen LogP contribution in [0.3, 0.4) is 0 Å². The van der Waals surface area contributed by atoms with Crippen molar-refractivity contribution >= 4 is 5.97 Å². The van der Waals surface area contributed by atoms with E-state index in [0.717, 1.165) is 18.4 Å². The van der Waals surface area contributed by atoms with Gasteiger partial charge in [0.2, 0.25) is 6.29 Å². The molecule has 0 aromatic rings. The Bertz CT molecular complexity index is 2100. The molecule has 9 aliphatic rings. The van der Waals surface area contributed by atoms with E-state index in [2.05, 4.69) is 47.6 Å². The van der Waals surface area contributed by atoms with Crippen molar-refractivity contribution < 1.29 is 109 Å². The highest BCUT2D eigenvalue weighted by atomic mass is 16.8. The first kappa shape index (κ1) is 59.0. The molecule has 436 valence electrons. The minimum atomic E-state index is -1.89. The molecular weight excluding hydrogens is 1000 g/mol. The predicted octanol–water partition coefficient (Wildman–Crippen LogP) is -1.01. The Morgan fingerprint density at radius 2 is 1.09 bits per heavy atom. The molecule has 4 saturated carbocycles. The molecule has 29 unspecified atom stereocenters. The van der Waals surface area contributed by atoms with Gasteiger partial charge in [-0.05, 0) is 123 Å². The Kier molecular flexibility index (Phi) is 16.6. The maximum atomic E-state index is 15.3. The van der Waals surface area contributed by atoms with Gasteiger partial charge in [0.25, 0.3) is 0 Å². The van der Waals surface area contributed by atoms with Crippen LogP contribution in [0.25, 0.3) is 0 Å². The number of hydrogen-bond acceptors (Lipinski definition) is 22. The van der Waals surface area contributed by atoms with Gasteiger partial charge in [0.1, 0.15) is 79.4 Å². The van der Waals surface area contributed by atoms with Crippen molar-refractivity contribution in [3.63, 3.8) is 0 Å². The summed E-state index contributed by atoms with van der Waals surface area (Å²) in [6.07, 6.45) is -22.9. The number of aliphatic hydroxyl groups excluding tert-OH is 13. The largest absolute Gasteiger partial charge is 0.432 e. The SMILES string of the molecule is CC1OC(OC2C(OC3CC(C)(CO)C4CCC5(C)C(CC=C6C7CC(C)(C)CCC7(C(=O)OC7OC(CO)C(O)C(O)C7OC7OC(CO)C(O)C(O)C7O)CCC65C)C4(C)C3)OC(C)C(O)C2O)C(O)C(O)C1O. The number of ether oxygens (including phenoxy) is 8. The van der Waals surface area contributed by atoms with Crippen LogP contribution in [0.2, 0.25) is 0 Å². The molecule has 0 radical (unpaired) electrons. The number of hydrogen-bond donors (Lipinski definition) is 13. The molecule has 9 rings (SSSR count). The molecule has 4 heterocycles. The van der Waals surface area contributed by atoms with Crippen LogP contribution in [-0.2, 0) is 42.7 Å². The van der Waals surface area contributed by atoms with Crippen LogP contribution in [0.1, 0.15) is 120 Å². The van der Waals surface area contributed by atoms with Crippen LogP contribution >= 0.6 is 0 Å². The van der Waals surface area contributed by atoms with Crippen molar-refractivity contribution in [2.75, 3.05) is 19.8 Å². The molecule has 13 N–H and O–H groups in total. The molecule has 0 aromatic heterocycles. The Balaban J connectivity index is 1.00. The van der Waals surface area contributed by atoms with E-state index in [-0.39, 0.29) is 35.2 Å². The highest BCUT2D eigenvalue weighted by Crippen LogP contribution is 2.76. The maximum Gasteiger partial charge on any atom is 0.315 e. The summed E-state index contributed by atoms with van der Waals surface area (Å²) in [6, 6.07) is 0. The van der Waals surface area contributed by atoms with Gasteiger partial charge in [0, 0.05) is 6.61 Å². The average molecular weight is 1090 g/mol. The Morgan fingerprint density at radius 3 is 1.71 bits per heavy atom. The second-order valence-corrected chi connectivity index (χ2v) is 26.2. The Morgan fingerprint density at radius 1 is 0.566 bits per heavy atom. The minimum absolute atomic E-state index is 0.0472. The van der Waals surface area contributed by atoms with Gasteiger partial charge >= 0.3 is 5.97 Å². The van der Waals surface area contributed by atoms with Crippen molar-refractivity contribution in [3.8, 4) is 0 Å². The third-order valence-corrected chi connectivity index (χ3v) is 21.3. The third kappa shape index (κ3) is 9.57. The van der Waals surface area contributed by atoms with Crippen LogP contribution in [-0.4, -0.2) is 221 Å². The normalized spacial score (nSPS) is 55.2. The summed E-state index contributed by atoms with van der Waals surface area (Å²) in [4.78, 5) is 15.3. The van der Waals surface area contributed by atoms with Crippen molar-refractivity contribution in [3.05, 3.63) is 11.6 Å². The van der Waals surface area contributed by atoms with Crippen LogP contribution in [0.4, 0.5) is 0 Å². The summed E-state index contributed by atoms with van der Waals surface area (Å²) in [5, 5.41) is 140. The number of allylic oxidation sites excluding steroid dienone is 2. The lowest BCUT2D eigenvalue weighted by atomic mass is 9.33. The fourth-order valence-corrected chi connectivity index (χ4v) is 16.5. The molecule has 29 atom stereocenters. The summed E-state index contributed by atoms with van der Waals surface area (Å²) in [6.45, 7) is 14.9. The van der Waals surface area contributed by atoms with Gasteiger partial charge in [-0.25, -0.2) is 0 Å². The van der Waals surface area contributed by atoms with E-state index in [9.17, 15) is 66.4 Å². The molecule has 0 bridgehead atoms. The Labute approximate surface area is 444 Å². The lowest BCUT2D eigenvalue weighted by molar-refractivity contribution is -0.370. The van der Waals surface area contributed by atoms with Gasteiger partial charge in [-0.1, -0.05) is 53.2 Å². The van der Waals surface area contributed by atoms with E-state index in [1.165, 1.54) is 6.92 Å². The lowest BCUT2D eigenvalue weighted by Crippen LogP contribution is -2.67. The highest BCUT2D eigenvalue weighted by Gasteiger charge is 2.70. The monoisotopic (exact) mass is 1090 g/mol. The van der Waals surface area contributed by atoms with Gasteiger partial charge < -0.3 is 104 Å². The van der Waals surface area contributed by atoms with Crippen molar-refractivity contribution in [1.29, 1.82) is 0 Å². The highest BCUT2D eigenvalue weighted by molar-refractivity contribution is 5.79. The molecule has 4 saturated heterocycles. The number of esters is 1. The van der Waals surface area contributed by atoms with Crippen molar-refractivity contribution in [2.24, 2.45) is 50.2 Å². The second kappa shape index (κ2) is 21.3. The van der Waals surface area contributed by atoms with Crippen molar-refractivity contribution in [1.82, 2.24) is 0 Å². The zero-order valence-corrected chi connectivity index (χ0v) is 45.1. The van der Waals surface area contributed by atoms with E-state index in [1.807, 2.05) is 0 Å². The first-order chi connectivity index (χ1) is 35.5. The summed E-state index contributed by atoms with van der Waals surface area (Å²) >= 11 is 0. The zero-order chi connectivity index (χ0) is 55.6. The topological polar surface area (TPSA) is 354 Å². The zero-order valence-electron chi connectivity index (χ0n) is 45.1. The van der Waals surface area contributed by atoms with Gasteiger partial charge in [0.05, 0.1) is 36.9 Å². The molecule has 0 spiro atoms. The van der Waals surface area contributed by atoms with E-state index >= 15 is 4.79 Å². The van der Waals surface area contributed by atoms with Crippen LogP contribution in [0.5, 0.6) is 0 Å². The average Bonchev–Trinajstić information content (AvgIpc) is 3.57. The molecular formula is C54H88O22. The Hall–Kier alpha value is -1.59. The molecule has 4 aliphatic heterocycles. The van der Waals surface area contributed by atoms with Gasteiger partial charge in [-0.3, -0.25) is 4.79 Å². The maximum absolute atomic E-state index is 15.3. The van der Waals surface area contributed by atoms with Crippen LogP contribution in [0.15, 0.2) is 11.6 Å². The third-order valence-electron chi connectivity index (χ3n) is 21.3. The smallest absolute Gasteiger partial charge is 0.315 e. The molecule has 0 amide bonds. The standard InChI is InChI=1S/C54H88O22/c1-23-32(58)36(62)40(66)44(69-23)74-42-38(64)33(59)24(2)70-46(42)71-25-17-50(5,22-57)30-11-12-53(8)31(51(30,6)18-25)10-9-26-27-19-49(3,4)13-15-54(27,16-14-52(26,53)7)48(68)76-47-43(39(65)35(61)29(21-56)73-47)75-45-41(67)37(63)34(60)28(20-55)72-45/h9,23-25,27-47,55-67H,10-22H2,1-8H3. The van der Waals surface area contributed by atoms with Gasteiger partial charge in [-0.2, -0.15) is 0 Å². The summed E-state index contributed by atoms with van der Waals surface area (Å²) in [7, 11) is 0. The van der Waals surface area contributed by atoms with Gasteiger partial charge in [0.15, 0.2) is 25.0 Å². The molecule has 22 heteroatoms. The van der Waals surface area contributed by atoms with Gasteiger partial charge in [-0.15, -0.1) is 0 Å². The fourth-order valence-electron chi connectivity index (χ4n) is 16.5. The summed E-state index contributed by atoms with van der Waals surface area (Å²) < 4.78 is 48.8. The van der Waals surface area contributed by atoms with Crippen molar-refractivity contribution in [2.45, 2.75) is 249 Å². The second-order valence-electron chi connectivity index (χ2n) is 26.2. The van der Waals surface area contributed by atoms with E-state index < -0.39 is 170 Å².